The summed E-state index contributed by atoms with van der Waals surface area (Å²) in [6.07, 6.45) is 6.02. The second kappa shape index (κ2) is 6.12. The molecule has 1 saturated carbocycles. The molecule has 2 heteroatoms. The Morgan fingerprint density at radius 2 is 1.50 bits per heavy atom. The highest BCUT2D eigenvalue weighted by atomic mass is 16.1. The number of para-hydroxylation sites is 1. The molecule has 0 atom stereocenters. The van der Waals surface area contributed by atoms with Crippen LogP contribution in [0.3, 0.4) is 0 Å². The summed E-state index contributed by atoms with van der Waals surface area (Å²) in [5.74, 6) is 0.272. The van der Waals surface area contributed by atoms with Crippen LogP contribution in [0, 0.1) is 0 Å². The van der Waals surface area contributed by atoms with Gasteiger partial charge in [0.05, 0.1) is 5.70 Å². The summed E-state index contributed by atoms with van der Waals surface area (Å²) < 4.78 is 0. The number of nitrogens with zero attached hydrogens (tertiary/aromatic N) is 1. The predicted octanol–water partition coefficient (Wildman–Crippen LogP) is 5.73. The molecule has 0 amide bonds. The Morgan fingerprint density at radius 3 is 2.08 bits per heavy atom. The molecule has 2 aromatic rings. The molecule has 0 saturated heterocycles. The first-order valence-corrected chi connectivity index (χ1v) is 9.64. The molecule has 26 heavy (non-hydrogen) atoms. The van der Waals surface area contributed by atoms with Crippen LogP contribution in [0.2, 0.25) is 0 Å². The summed E-state index contributed by atoms with van der Waals surface area (Å²) in [5.41, 5.74) is 4.35. The minimum Gasteiger partial charge on any atom is -0.327 e. The lowest BCUT2D eigenvalue weighted by atomic mass is 9.86. The monoisotopic (exact) mass is 345 g/mol. The number of benzene rings is 2. The summed E-state index contributed by atoms with van der Waals surface area (Å²) in [6, 6.07) is 19.1. The maximum atomic E-state index is 13.1. The predicted molar refractivity (Wildman–Crippen MR) is 108 cm³/mol. The van der Waals surface area contributed by atoms with Crippen molar-refractivity contribution in [2.24, 2.45) is 0 Å². The Labute approximate surface area is 156 Å². The molecule has 4 rings (SSSR count). The van der Waals surface area contributed by atoms with Gasteiger partial charge in [0.1, 0.15) is 5.54 Å². The third-order valence-electron chi connectivity index (χ3n) is 5.89. The van der Waals surface area contributed by atoms with Crippen molar-refractivity contribution in [2.75, 3.05) is 4.90 Å². The number of carbonyl (C=O) groups is 1. The SMILES string of the molecule is CC(C)(C)c1ccc(C2=CC(=O)C3(CCCC3)N2c2ccccc2)cc1. The van der Waals surface area contributed by atoms with E-state index in [2.05, 4.69) is 74.2 Å². The molecule has 134 valence electrons. The summed E-state index contributed by atoms with van der Waals surface area (Å²) in [5, 5.41) is 0. The van der Waals surface area contributed by atoms with Gasteiger partial charge in [-0.15, -0.1) is 0 Å². The number of carbonyl (C=O) groups excluding carboxylic acids is 1. The average molecular weight is 345 g/mol. The normalized spacial score (nSPS) is 19.3. The Hall–Kier alpha value is -2.35. The van der Waals surface area contributed by atoms with E-state index >= 15 is 0 Å². The van der Waals surface area contributed by atoms with E-state index in [0.717, 1.165) is 42.6 Å². The second-order valence-electron chi connectivity index (χ2n) is 8.63. The van der Waals surface area contributed by atoms with Gasteiger partial charge in [-0.3, -0.25) is 4.79 Å². The fourth-order valence-electron chi connectivity index (χ4n) is 4.41. The van der Waals surface area contributed by atoms with Gasteiger partial charge in [0.25, 0.3) is 0 Å². The molecule has 2 aromatic carbocycles. The lowest BCUT2D eigenvalue weighted by Gasteiger charge is -2.38. The average Bonchev–Trinajstić information content (AvgIpc) is 3.22. The van der Waals surface area contributed by atoms with Crippen LogP contribution in [0.15, 0.2) is 60.7 Å². The number of rotatable bonds is 2. The lowest BCUT2D eigenvalue weighted by molar-refractivity contribution is -0.118. The van der Waals surface area contributed by atoms with Gasteiger partial charge in [0.2, 0.25) is 0 Å². The molecule has 0 N–H and O–H groups in total. The van der Waals surface area contributed by atoms with Gasteiger partial charge in [-0.1, -0.05) is 76.1 Å². The highest BCUT2D eigenvalue weighted by Crippen LogP contribution is 2.47. The Balaban J connectivity index is 1.79. The highest BCUT2D eigenvalue weighted by molar-refractivity contribution is 6.14. The molecule has 2 aliphatic rings. The highest BCUT2D eigenvalue weighted by Gasteiger charge is 2.50. The van der Waals surface area contributed by atoms with Crippen LogP contribution >= 0.6 is 0 Å². The van der Waals surface area contributed by atoms with Gasteiger partial charge < -0.3 is 4.90 Å². The van der Waals surface area contributed by atoms with Crippen molar-refractivity contribution in [3.8, 4) is 0 Å². The molecule has 1 aliphatic carbocycles. The van der Waals surface area contributed by atoms with Gasteiger partial charge >= 0.3 is 0 Å². The first-order valence-electron chi connectivity index (χ1n) is 9.64. The molecule has 0 bridgehead atoms. The van der Waals surface area contributed by atoms with E-state index in [4.69, 9.17) is 0 Å². The van der Waals surface area contributed by atoms with Crippen molar-refractivity contribution in [3.63, 3.8) is 0 Å². The van der Waals surface area contributed by atoms with Crippen molar-refractivity contribution >= 4 is 17.2 Å². The summed E-state index contributed by atoms with van der Waals surface area (Å²) in [7, 11) is 0. The third kappa shape index (κ3) is 2.68. The quantitative estimate of drug-likeness (QED) is 0.693. The van der Waals surface area contributed by atoms with Gasteiger partial charge in [-0.2, -0.15) is 0 Å². The van der Waals surface area contributed by atoms with Crippen LogP contribution in [-0.4, -0.2) is 11.3 Å². The zero-order chi connectivity index (χ0) is 18.4. The smallest absolute Gasteiger partial charge is 0.183 e. The van der Waals surface area contributed by atoms with E-state index in [9.17, 15) is 4.79 Å². The third-order valence-corrected chi connectivity index (χ3v) is 5.89. The van der Waals surface area contributed by atoms with Gasteiger partial charge in [0.15, 0.2) is 5.78 Å². The second-order valence-corrected chi connectivity index (χ2v) is 8.63. The lowest BCUT2D eigenvalue weighted by Crippen LogP contribution is -2.47. The van der Waals surface area contributed by atoms with Crippen molar-refractivity contribution in [1.29, 1.82) is 0 Å². The van der Waals surface area contributed by atoms with Crippen molar-refractivity contribution in [3.05, 3.63) is 71.8 Å². The molecular weight excluding hydrogens is 318 g/mol. The molecule has 0 aromatic heterocycles. The Bertz CT molecular complexity index is 834. The van der Waals surface area contributed by atoms with Crippen LogP contribution in [0.4, 0.5) is 5.69 Å². The zero-order valence-electron chi connectivity index (χ0n) is 16.0. The number of hydrogen-bond acceptors (Lipinski definition) is 2. The zero-order valence-corrected chi connectivity index (χ0v) is 16.0. The minimum atomic E-state index is -0.376. The number of hydrogen-bond donors (Lipinski definition) is 0. The first-order chi connectivity index (χ1) is 12.4. The minimum absolute atomic E-state index is 0.129. The topological polar surface area (TPSA) is 20.3 Å². The molecule has 2 nitrogen and oxygen atoms in total. The number of anilines is 1. The van der Waals surface area contributed by atoms with E-state index in [0.29, 0.717) is 0 Å². The van der Waals surface area contributed by atoms with Crippen LogP contribution in [0.5, 0.6) is 0 Å². The van der Waals surface area contributed by atoms with Gasteiger partial charge in [0, 0.05) is 11.8 Å². The van der Waals surface area contributed by atoms with E-state index in [-0.39, 0.29) is 16.7 Å². The number of ketones is 1. The van der Waals surface area contributed by atoms with Crippen molar-refractivity contribution in [1.82, 2.24) is 0 Å². The summed E-state index contributed by atoms with van der Waals surface area (Å²) in [6.45, 7) is 6.68. The van der Waals surface area contributed by atoms with Crippen LogP contribution in [0.25, 0.3) is 5.70 Å². The maximum Gasteiger partial charge on any atom is 0.183 e. The van der Waals surface area contributed by atoms with Crippen LogP contribution < -0.4 is 4.90 Å². The van der Waals surface area contributed by atoms with Gasteiger partial charge in [-0.05, 0) is 41.5 Å². The van der Waals surface area contributed by atoms with Crippen LogP contribution in [-0.2, 0) is 10.2 Å². The van der Waals surface area contributed by atoms with Gasteiger partial charge in [-0.25, -0.2) is 0 Å². The largest absolute Gasteiger partial charge is 0.327 e. The van der Waals surface area contributed by atoms with E-state index in [1.165, 1.54) is 5.56 Å². The fraction of sp³-hybridized carbons (Fsp3) is 0.375. The molecule has 1 aliphatic heterocycles. The Kier molecular flexibility index (Phi) is 4.02. The van der Waals surface area contributed by atoms with E-state index in [1.54, 1.807) is 0 Å². The fourth-order valence-corrected chi connectivity index (χ4v) is 4.41. The summed E-state index contributed by atoms with van der Waals surface area (Å²) >= 11 is 0. The molecule has 0 unspecified atom stereocenters. The van der Waals surface area contributed by atoms with E-state index < -0.39 is 0 Å². The van der Waals surface area contributed by atoms with E-state index in [1.807, 2.05) is 12.1 Å². The van der Waals surface area contributed by atoms with Crippen LogP contribution in [0.1, 0.15) is 57.6 Å². The molecule has 0 radical (unpaired) electrons. The molecule has 1 spiro atoms. The molecular formula is C24H27NO. The first kappa shape index (κ1) is 17.1. The molecule has 1 fully saturated rings. The van der Waals surface area contributed by atoms with Crippen molar-refractivity contribution in [2.45, 2.75) is 57.4 Å². The van der Waals surface area contributed by atoms with Crippen molar-refractivity contribution < 1.29 is 4.79 Å². The maximum absolute atomic E-state index is 13.1. The Morgan fingerprint density at radius 1 is 0.885 bits per heavy atom. The summed E-state index contributed by atoms with van der Waals surface area (Å²) in [4.78, 5) is 15.4. The molecule has 1 heterocycles. The standard InChI is InChI=1S/C24H27NO/c1-23(2,3)19-13-11-18(12-14-19)21-17-22(26)24(15-7-8-16-24)25(21)20-9-5-4-6-10-20/h4-6,9-14,17H,7-8,15-16H2,1-3H3.